The first-order chi connectivity index (χ1) is 8.79. The van der Waals surface area contributed by atoms with E-state index in [1.54, 1.807) is 0 Å². The van der Waals surface area contributed by atoms with Crippen molar-refractivity contribution in [2.45, 2.75) is 63.6 Å². The fourth-order valence-corrected chi connectivity index (χ4v) is 3.89. The Morgan fingerprint density at radius 3 is 2.05 bits per heavy atom. The molecule has 2 nitrogen and oxygen atoms in total. The number of rotatable bonds is 2. The minimum Gasteiger partial charge on any atom is -0.370 e. The first kappa shape index (κ1) is 14.1. The lowest BCUT2D eigenvalue weighted by atomic mass is 9.63. The summed E-state index contributed by atoms with van der Waals surface area (Å²) in [5.41, 5.74) is 0.769. The van der Waals surface area contributed by atoms with Crippen LogP contribution in [0.2, 0.25) is 0 Å². The molecule has 1 aromatic carbocycles. The molecule has 1 saturated heterocycles. The van der Waals surface area contributed by atoms with Gasteiger partial charge in [0.25, 0.3) is 0 Å². The molecule has 0 N–H and O–H groups in total. The van der Waals surface area contributed by atoms with Gasteiger partial charge in [0, 0.05) is 11.8 Å². The fourth-order valence-electron chi connectivity index (χ4n) is 3.89. The van der Waals surface area contributed by atoms with Crippen LogP contribution in [0.1, 0.15) is 52.5 Å². The van der Waals surface area contributed by atoms with E-state index >= 15 is 0 Å². The zero-order valence-electron chi connectivity index (χ0n) is 12.4. The lowest BCUT2D eigenvalue weighted by molar-refractivity contribution is -0.179. The Morgan fingerprint density at radius 2 is 1.58 bits per heavy atom. The van der Waals surface area contributed by atoms with Crippen LogP contribution >= 0.6 is 0 Å². The quantitative estimate of drug-likeness (QED) is 0.795. The Balaban J connectivity index is 2.48. The highest BCUT2D eigenvalue weighted by atomic mass is 16.5. The Bertz CT molecular complexity index is 466. The highest BCUT2D eigenvalue weighted by molar-refractivity contribution is 5.29. The van der Waals surface area contributed by atoms with Crippen molar-refractivity contribution in [1.29, 1.82) is 5.26 Å². The molecule has 0 spiro atoms. The van der Waals surface area contributed by atoms with E-state index in [1.165, 1.54) is 5.56 Å². The largest absolute Gasteiger partial charge is 0.370 e. The van der Waals surface area contributed by atoms with Crippen LogP contribution in [0.3, 0.4) is 0 Å². The van der Waals surface area contributed by atoms with Gasteiger partial charge in [-0.3, -0.25) is 0 Å². The Hall–Kier alpha value is -1.33. The SMILES string of the molecule is CC1(C)CC(CC#N)(c2ccccc2)CC(C)(C)O1. The van der Waals surface area contributed by atoms with E-state index < -0.39 is 0 Å². The van der Waals surface area contributed by atoms with Crippen molar-refractivity contribution < 1.29 is 4.74 Å². The molecular weight excluding hydrogens is 234 g/mol. The van der Waals surface area contributed by atoms with Crippen LogP contribution in [0.4, 0.5) is 0 Å². The normalized spacial score (nSPS) is 23.5. The second-order valence-corrected chi connectivity index (χ2v) is 6.96. The highest BCUT2D eigenvalue weighted by Crippen LogP contribution is 2.49. The Kier molecular flexibility index (Phi) is 3.45. The van der Waals surface area contributed by atoms with E-state index in [4.69, 9.17) is 4.74 Å². The average Bonchev–Trinajstić information content (AvgIpc) is 2.26. The average molecular weight is 257 g/mol. The summed E-state index contributed by atoms with van der Waals surface area (Å²) in [5, 5.41) is 9.29. The van der Waals surface area contributed by atoms with Gasteiger partial charge in [0.2, 0.25) is 0 Å². The van der Waals surface area contributed by atoms with Gasteiger partial charge in [0.05, 0.1) is 17.3 Å². The molecule has 1 aliphatic rings. The smallest absolute Gasteiger partial charge is 0.0642 e. The maximum atomic E-state index is 9.29. The molecule has 1 fully saturated rings. The van der Waals surface area contributed by atoms with Gasteiger partial charge >= 0.3 is 0 Å². The van der Waals surface area contributed by atoms with Crippen LogP contribution < -0.4 is 0 Å². The minimum atomic E-state index is -0.200. The van der Waals surface area contributed by atoms with Crippen molar-refractivity contribution in [3.63, 3.8) is 0 Å². The molecular formula is C17H23NO. The lowest BCUT2D eigenvalue weighted by Gasteiger charge is -2.51. The summed E-state index contributed by atoms with van der Waals surface area (Å²) in [6.07, 6.45) is 2.33. The maximum Gasteiger partial charge on any atom is 0.0642 e. The van der Waals surface area contributed by atoms with Crippen LogP contribution in [0.25, 0.3) is 0 Å². The summed E-state index contributed by atoms with van der Waals surface area (Å²) < 4.78 is 6.17. The molecule has 0 unspecified atom stereocenters. The molecule has 19 heavy (non-hydrogen) atoms. The molecule has 2 heteroatoms. The third kappa shape index (κ3) is 2.98. The van der Waals surface area contributed by atoms with Crippen LogP contribution in [-0.4, -0.2) is 11.2 Å². The summed E-state index contributed by atoms with van der Waals surface area (Å²) in [4.78, 5) is 0. The van der Waals surface area contributed by atoms with E-state index in [9.17, 15) is 5.26 Å². The van der Waals surface area contributed by atoms with Crippen LogP contribution in [-0.2, 0) is 10.2 Å². The van der Waals surface area contributed by atoms with Crippen molar-refractivity contribution in [2.24, 2.45) is 0 Å². The van der Waals surface area contributed by atoms with E-state index in [0.29, 0.717) is 6.42 Å². The standard InChI is InChI=1S/C17H23NO/c1-15(2)12-17(10-11-18,13-16(3,4)19-15)14-8-6-5-7-9-14/h5-9H,10,12-13H2,1-4H3. The van der Waals surface area contributed by atoms with Gasteiger partial charge in [-0.25, -0.2) is 0 Å². The van der Waals surface area contributed by atoms with Crippen molar-refractivity contribution in [1.82, 2.24) is 0 Å². The molecule has 1 heterocycles. The second-order valence-electron chi connectivity index (χ2n) is 6.96. The van der Waals surface area contributed by atoms with Gasteiger partial charge < -0.3 is 4.74 Å². The highest BCUT2D eigenvalue weighted by Gasteiger charge is 2.48. The van der Waals surface area contributed by atoms with Gasteiger partial charge in [0.15, 0.2) is 0 Å². The monoisotopic (exact) mass is 257 g/mol. The fraction of sp³-hybridized carbons (Fsp3) is 0.588. The molecule has 2 rings (SSSR count). The van der Waals surface area contributed by atoms with Gasteiger partial charge in [-0.2, -0.15) is 5.26 Å². The zero-order valence-corrected chi connectivity index (χ0v) is 12.4. The van der Waals surface area contributed by atoms with Crippen LogP contribution in [0, 0.1) is 11.3 Å². The van der Waals surface area contributed by atoms with Crippen molar-refractivity contribution in [3.05, 3.63) is 35.9 Å². The second kappa shape index (κ2) is 4.65. The number of nitrogens with zero attached hydrogens (tertiary/aromatic N) is 1. The Morgan fingerprint density at radius 1 is 1.05 bits per heavy atom. The summed E-state index contributed by atoms with van der Waals surface area (Å²) in [5.74, 6) is 0. The van der Waals surface area contributed by atoms with Crippen molar-refractivity contribution >= 4 is 0 Å². The topological polar surface area (TPSA) is 33.0 Å². The van der Waals surface area contributed by atoms with Gasteiger partial charge in [-0.15, -0.1) is 0 Å². The lowest BCUT2D eigenvalue weighted by Crippen LogP contribution is -2.52. The van der Waals surface area contributed by atoms with E-state index in [2.05, 4.69) is 58.0 Å². The molecule has 0 bridgehead atoms. The first-order valence-corrected chi connectivity index (χ1v) is 6.91. The van der Waals surface area contributed by atoms with E-state index in [0.717, 1.165) is 12.8 Å². The number of hydrogen-bond acceptors (Lipinski definition) is 2. The molecule has 0 aliphatic carbocycles. The number of benzene rings is 1. The van der Waals surface area contributed by atoms with Crippen LogP contribution in [0.15, 0.2) is 30.3 Å². The first-order valence-electron chi connectivity index (χ1n) is 6.91. The number of nitriles is 1. The van der Waals surface area contributed by atoms with E-state index in [-0.39, 0.29) is 16.6 Å². The number of hydrogen-bond donors (Lipinski definition) is 0. The predicted molar refractivity (Wildman–Crippen MR) is 76.8 cm³/mol. The molecule has 1 aromatic rings. The molecule has 0 saturated carbocycles. The summed E-state index contributed by atoms with van der Waals surface area (Å²) in [7, 11) is 0. The summed E-state index contributed by atoms with van der Waals surface area (Å²) in [6, 6.07) is 12.8. The third-order valence-corrected chi connectivity index (χ3v) is 3.88. The van der Waals surface area contributed by atoms with Crippen LogP contribution in [0.5, 0.6) is 0 Å². The van der Waals surface area contributed by atoms with Gasteiger partial charge in [-0.05, 0) is 46.1 Å². The van der Waals surface area contributed by atoms with Gasteiger partial charge in [0.1, 0.15) is 0 Å². The van der Waals surface area contributed by atoms with E-state index in [1.807, 2.05) is 6.07 Å². The third-order valence-electron chi connectivity index (χ3n) is 3.88. The maximum absolute atomic E-state index is 9.29. The zero-order chi connectivity index (χ0) is 14.1. The summed E-state index contributed by atoms with van der Waals surface area (Å²) in [6.45, 7) is 8.51. The molecule has 0 atom stereocenters. The van der Waals surface area contributed by atoms with Crippen molar-refractivity contribution in [2.75, 3.05) is 0 Å². The number of ether oxygens (including phenoxy) is 1. The van der Waals surface area contributed by atoms with Crippen molar-refractivity contribution in [3.8, 4) is 6.07 Å². The molecule has 1 aliphatic heterocycles. The molecule has 0 radical (unpaired) electrons. The summed E-state index contributed by atoms with van der Waals surface area (Å²) >= 11 is 0. The molecule has 0 amide bonds. The Labute approximate surface area is 116 Å². The van der Waals surface area contributed by atoms with Gasteiger partial charge in [-0.1, -0.05) is 30.3 Å². The minimum absolute atomic E-state index is 0.0960. The predicted octanol–water partition coefficient (Wildman–Crippen LogP) is 4.21. The molecule has 0 aromatic heterocycles. The molecule has 102 valence electrons.